The van der Waals surface area contributed by atoms with Gasteiger partial charge in [0.2, 0.25) is 11.8 Å². The molecule has 2 heterocycles. The summed E-state index contributed by atoms with van der Waals surface area (Å²) in [6, 6.07) is 14.9. The van der Waals surface area contributed by atoms with Gasteiger partial charge in [0.05, 0.1) is 23.8 Å². The number of nitrogens with one attached hydrogen (secondary N) is 1. The van der Waals surface area contributed by atoms with Crippen LogP contribution in [0.15, 0.2) is 53.9 Å². The largest absolute Gasteiger partial charge is 0.494 e. The summed E-state index contributed by atoms with van der Waals surface area (Å²) in [6.45, 7) is 2.71. The molecule has 3 aromatic rings. The van der Waals surface area contributed by atoms with Crippen LogP contribution in [-0.2, 0) is 0 Å². The first-order chi connectivity index (χ1) is 14.5. The number of H-pyrrole nitrogens is 1. The molecule has 3 N–H and O–H groups in total. The van der Waals surface area contributed by atoms with Crippen LogP contribution in [0.25, 0.3) is 11.3 Å². The van der Waals surface area contributed by atoms with E-state index in [4.69, 9.17) is 38.4 Å². The van der Waals surface area contributed by atoms with E-state index in [-0.39, 0.29) is 11.5 Å². The summed E-state index contributed by atoms with van der Waals surface area (Å²) in [4.78, 5) is 0. The zero-order chi connectivity index (χ0) is 21.3. The van der Waals surface area contributed by atoms with Crippen molar-refractivity contribution in [1.82, 2.24) is 10.2 Å². The summed E-state index contributed by atoms with van der Waals surface area (Å²) in [5.74, 6) is 0.545. The maximum absolute atomic E-state index is 9.80. The summed E-state index contributed by atoms with van der Waals surface area (Å²) >= 11 is 12.6. The van der Waals surface area contributed by atoms with E-state index in [0.29, 0.717) is 39.4 Å². The van der Waals surface area contributed by atoms with Crippen molar-refractivity contribution < 1.29 is 9.47 Å². The van der Waals surface area contributed by atoms with Crippen LogP contribution in [0.2, 0.25) is 10.0 Å². The Kier molecular flexibility index (Phi) is 5.58. The van der Waals surface area contributed by atoms with Gasteiger partial charge in [-0.15, -0.1) is 5.10 Å². The van der Waals surface area contributed by atoms with E-state index in [1.807, 2.05) is 24.3 Å². The maximum Gasteiger partial charge on any atom is 0.244 e. The van der Waals surface area contributed by atoms with E-state index < -0.39 is 5.92 Å². The molecule has 1 aliphatic rings. The molecule has 1 atom stereocenters. The van der Waals surface area contributed by atoms with Gasteiger partial charge in [-0.3, -0.25) is 5.10 Å². The first kappa shape index (κ1) is 20.1. The predicted molar refractivity (Wildman–Crippen MR) is 116 cm³/mol. The molecule has 152 valence electrons. The van der Waals surface area contributed by atoms with Crippen LogP contribution in [0.5, 0.6) is 11.6 Å². The number of rotatable bonds is 5. The summed E-state index contributed by atoms with van der Waals surface area (Å²) in [5, 5.41) is 18.0. The molecule has 0 amide bonds. The molecule has 30 heavy (non-hydrogen) atoms. The van der Waals surface area contributed by atoms with E-state index in [9.17, 15) is 5.26 Å². The minimum Gasteiger partial charge on any atom is -0.494 e. The average Bonchev–Trinajstić information content (AvgIpc) is 3.15. The Labute approximate surface area is 183 Å². The topological polar surface area (TPSA) is 97.0 Å². The highest BCUT2D eigenvalue weighted by Gasteiger charge is 2.36. The molecule has 6 nitrogen and oxygen atoms in total. The van der Waals surface area contributed by atoms with Gasteiger partial charge in [0.1, 0.15) is 17.4 Å². The molecule has 1 aromatic heterocycles. The van der Waals surface area contributed by atoms with Crippen molar-refractivity contribution in [2.45, 2.75) is 19.3 Å². The fourth-order valence-corrected chi connectivity index (χ4v) is 3.97. The standard InChI is InChI=1S/C22H18Cl2N4O2/c1-2-9-29-14-6-3-12(4-7-14)20-19-18(15-8-5-13(23)10-17(15)24)16(11-25)21(26)30-22(19)28-27-20/h3-8,10,18H,2,9,26H2,1H3,(H,27,28)/t18-/m1/s1. The Morgan fingerprint density at radius 2 is 2.00 bits per heavy atom. The third kappa shape index (κ3) is 3.58. The zero-order valence-electron chi connectivity index (χ0n) is 16.1. The number of aromatic nitrogens is 2. The van der Waals surface area contributed by atoms with Crippen molar-refractivity contribution in [1.29, 1.82) is 5.26 Å². The fraction of sp³-hybridized carbons (Fsp3) is 0.182. The van der Waals surface area contributed by atoms with Crippen molar-refractivity contribution in [3.63, 3.8) is 0 Å². The van der Waals surface area contributed by atoms with Crippen molar-refractivity contribution in [3.8, 4) is 29.0 Å². The average molecular weight is 441 g/mol. The third-order valence-corrected chi connectivity index (χ3v) is 5.39. The molecule has 1 aliphatic heterocycles. The van der Waals surface area contributed by atoms with Crippen LogP contribution in [0, 0.1) is 11.3 Å². The second-order valence-electron chi connectivity index (χ2n) is 6.78. The number of allylic oxidation sites excluding steroid dienone is 1. The molecule has 0 bridgehead atoms. The van der Waals surface area contributed by atoms with Gasteiger partial charge >= 0.3 is 0 Å². The van der Waals surface area contributed by atoms with Crippen LogP contribution >= 0.6 is 23.2 Å². The lowest BCUT2D eigenvalue weighted by Crippen LogP contribution is -2.21. The van der Waals surface area contributed by atoms with Gasteiger partial charge in [-0.1, -0.05) is 36.2 Å². The smallest absolute Gasteiger partial charge is 0.244 e. The summed E-state index contributed by atoms with van der Waals surface area (Å²) in [7, 11) is 0. The molecule has 2 aromatic carbocycles. The number of nitrogens with zero attached hydrogens (tertiary/aromatic N) is 2. The number of nitrogens with two attached hydrogens (primary N) is 1. The third-order valence-electron chi connectivity index (χ3n) is 4.83. The molecule has 0 radical (unpaired) electrons. The molecule has 8 heteroatoms. The van der Waals surface area contributed by atoms with E-state index in [2.05, 4.69) is 23.2 Å². The zero-order valence-corrected chi connectivity index (χ0v) is 17.6. The van der Waals surface area contributed by atoms with Crippen LogP contribution in [0.1, 0.15) is 30.4 Å². The van der Waals surface area contributed by atoms with Crippen LogP contribution in [-0.4, -0.2) is 16.8 Å². The number of halogens is 2. The lowest BCUT2D eigenvalue weighted by atomic mass is 9.83. The van der Waals surface area contributed by atoms with Crippen molar-refractivity contribution in [3.05, 3.63) is 75.1 Å². The Bertz CT molecular complexity index is 1160. The fourth-order valence-electron chi connectivity index (χ4n) is 3.45. The van der Waals surface area contributed by atoms with Gasteiger partial charge in [-0.05, 0) is 48.4 Å². The number of hydrogen-bond donors (Lipinski definition) is 2. The quantitative estimate of drug-likeness (QED) is 0.553. The number of ether oxygens (including phenoxy) is 2. The molecule has 4 rings (SSSR count). The van der Waals surface area contributed by atoms with Crippen LogP contribution in [0.3, 0.4) is 0 Å². The highest BCUT2D eigenvalue weighted by molar-refractivity contribution is 6.35. The highest BCUT2D eigenvalue weighted by Crippen LogP contribution is 2.47. The molecule has 0 unspecified atom stereocenters. The van der Waals surface area contributed by atoms with E-state index >= 15 is 0 Å². The summed E-state index contributed by atoms with van der Waals surface area (Å²) in [5.41, 5.74) is 9.24. The maximum atomic E-state index is 9.80. The summed E-state index contributed by atoms with van der Waals surface area (Å²) < 4.78 is 11.3. The Balaban J connectivity index is 1.84. The minimum absolute atomic E-state index is 0.00220. The lowest BCUT2D eigenvalue weighted by molar-refractivity contribution is 0.317. The molecule has 0 saturated heterocycles. The van der Waals surface area contributed by atoms with Gasteiger partial charge in [-0.25, -0.2) is 0 Å². The van der Waals surface area contributed by atoms with E-state index in [1.165, 1.54) is 0 Å². The van der Waals surface area contributed by atoms with Crippen LogP contribution < -0.4 is 15.2 Å². The van der Waals surface area contributed by atoms with Crippen molar-refractivity contribution in [2.24, 2.45) is 5.73 Å². The number of benzene rings is 2. The number of fused-ring (bicyclic) bond motifs is 1. The lowest BCUT2D eigenvalue weighted by Gasteiger charge is -2.25. The van der Waals surface area contributed by atoms with Crippen molar-refractivity contribution in [2.75, 3.05) is 6.61 Å². The van der Waals surface area contributed by atoms with Gasteiger partial charge in [0.15, 0.2) is 0 Å². The number of nitriles is 1. The number of aromatic amines is 1. The molecule has 0 aliphatic carbocycles. The molecular formula is C22H18Cl2N4O2. The first-order valence-corrected chi connectivity index (χ1v) is 10.1. The molecule has 0 spiro atoms. The second kappa shape index (κ2) is 8.31. The van der Waals surface area contributed by atoms with E-state index in [0.717, 1.165) is 17.7 Å². The Hall–Kier alpha value is -3.14. The summed E-state index contributed by atoms with van der Waals surface area (Å²) in [6.07, 6.45) is 0.932. The molecule has 0 fully saturated rings. The monoisotopic (exact) mass is 440 g/mol. The van der Waals surface area contributed by atoms with E-state index in [1.54, 1.807) is 18.2 Å². The predicted octanol–water partition coefficient (Wildman–Crippen LogP) is 5.39. The highest BCUT2D eigenvalue weighted by atomic mass is 35.5. The van der Waals surface area contributed by atoms with Crippen LogP contribution in [0.4, 0.5) is 0 Å². The van der Waals surface area contributed by atoms with Gasteiger partial charge in [0.25, 0.3) is 0 Å². The van der Waals surface area contributed by atoms with Gasteiger partial charge < -0.3 is 15.2 Å². The second-order valence-corrected chi connectivity index (χ2v) is 7.62. The molecular weight excluding hydrogens is 423 g/mol. The SMILES string of the molecule is CCCOc1ccc(-c2[nH]nc3c2[C@H](c2ccc(Cl)cc2Cl)C(C#N)=C(N)O3)cc1. The van der Waals surface area contributed by atoms with Gasteiger partial charge in [-0.2, -0.15) is 5.26 Å². The first-order valence-electron chi connectivity index (χ1n) is 9.37. The normalized spacial score (nSPS) is 15.3. The van der Waals surface area contributed by atoms with Gasteiger partial charge in [0, 0.05) is 15.6 Å². The van der Waals surface area contributed by atoms with Crippen molar-refractivity contribution >= 4 is 23.2 Å². The Morgan fingerprint density at radius 3 is 2.67 bits per heavy atom. The number of hydrogen-bond acceptors (Lipinski definition) is 5. The Morgan fingerprint density at radius 1 is 1.23 bits per heavy atom. The molecule has 0 saturated carbocycles. The minimum atomic E-state index is -0.548.